The molecule has 0 unspecified atom stereocenters. The van der Waals surface area contributed by atoms with Gasteiger partial charge in [-0.3, -0.25) is 0 Å². The fourth-order valence-corrected chi connectivity index (χ4v) is 2.03. The highest BCUT2D eigenvalue weighted by molar-refractivity contribution is 6.32. The van der Waals surface area contributed by atoms with E-state index in [1.165, 1.54) is 6.07 Å². The van der Waals surface area contributed by atoms with Gasteiger partial charge in [-0.1, -0.05) is 35.9 Å². The van der Waals surface area contributed by atoms with Gasteiger partial charge in [0.2, 0.25) is 0 Å². The van der Waals surface area contributed by atoms with Gasteiger partial charge in [0.05, 0.1) is 16.3 Å². The summed E-state index contributed by atoms with van der Waals surface area (Å²) in [5.74, 6) is -0.212. The van der Waals surface area contributed by atoms with E-state index in [2.05, 4.69) is 11.4 Å². The lowest BCUT2D eigenvalue weighted by atomic mass is 10.1. The summed E-state index contributed by atoms with van der Waals surface area (Å²) in [5.41, 5.74) is 1.74. The summed E-state index contributed by atoms with van der Waals surface area (Å²) >= 11 is 5.93. The van der Waals surface area contributed by atoms with Crippen LogP contribution in [0.1, 0.15) is 11.1 Å². The Bertz CT molecular complexity index is 620. The first kappa shape index (κ1) is 13.4. The third-order valence-electron chi connectivity index (χ3n) is 2.79. The van der Waals surface area contributed by atoms with Crippen molar-refractivity contribution in [2.75, 3.05) is 11.9 Å². The van der Waals surface area contributed by atoms with Crippen LogP contribution in [-0.2, 0) is 6.42 Å². The number of hydrogen-bond donors (Lipinski definition) is 1. The molecule has 0 heterocycles. The third-order valence-corrected chi connectivity index (χ3v) is 3.11. The highest BCUT2D eigenvalue weighted by Gasteiger charge is 2.06. The lowest BCUT2D eigenvalue weighted by Gasteiger charge is -2.09. The van der Waals surface area contributed by atoms with Crippen molar-refractivity contribution in [3.8, 4) is 6.07 Å². The molecule has 0 fully saturated rings. The van der Waals surface area contributed by atoms with Crippen molar-refractivity contribution in [1.82, 2.24) is 0 Å². The first-order chi connectivity index (χ1) is 9.22. The molecule has 96 valence electrons. The van der Waals surface area contributed by atoms with Gasteiger partial charge in [-0.05, 0) is 30.2 Å². The first-order valence-electron chi connectivity index (χ1n) is 5.88. The summed E-state index contributed by atoms with van der Waals surface area (Å²) in [4.78, 5) is 0. The molecule has 2 nitrogen and oxygen atoms in total. The Balaban J connectivity index is 2.03. The molecule has 0 saturated heterocycles. The predicted molar refractivity (Wildman–Crippen MR) is 74.8 cm³/mol. The van der Waals surface area contributed by atoms with Gasteiger partial charge >= 0.3 is 0 Å². The zero-order valence-corrected chi connectivity index (χ0v) is 10.9. The van der Waals surface area contributed by atoms with Gasteiger partial charge in [0.1, 0.15) is 11.9 Å². The van der Waals surface area contributed by atoms with Crippen LogP contribution in [0, 0.1) is 17.1 Å². The van der Waals surface area contributed by atoms with Gasteiger partial charge in [0, 0.05) is 6.54 Å². The highest BCUT2D eigenvalue weighted by atomic mass is 35.5. The van der Waals surface area contributed by atoms with Crippen LogP contribution in [0.4, 0.5) is 10.1 Å². The molecule has 0 aromatic heterocycles. The van der Waals surface area contributed by atoms with E-state index in [0.717, 1.165) is 0 Å². The highest BCUT2D eigenvalue weighted by Crippen LogP contribution is 2.23. The minimum Gasteiger partial charge on any atom is -0.384 e. The van der Waals surface area contributed by atoms with Crippen LogP contribution < -0.4 is 5.32 Å². The quantitative estimate of drug-likeness (QED) is 0.914. The van der Waals surface area contributed by atoms with Gasteiger partial charge in [0.15, 0.2) is 0 Å². The molecule has 1 N–H and O–H groups in total. The molecule has 0 aliphatic heterocycles. The van der Waals surface area contributed by atoms with E-state index in [0.29, 0.717) is 34.8 Å². The van der Waals surface area contributed by atoms with Crippen LogP contribution in [0.5, 0.6) is 0 Å². The minimum absolute atomic E-state index is 0.212. The monoisotopic (exact) mass is 274 g/mol. The Morgan fingerprint density at radius 2 is 1.95 bits per heavy atom. The first-order valence-corrected chi connectivity index (χ1v) is 6.26. The van der Waals surface area contributed by atoms with E-state index < -0.39 is 0 Å². The van der Waals surface area contributed by atoms with Crippen molar-refractivity contribution < 1.29 is 4.39 Å². The minimum atomic E-state index is -0.212. The van der Waals surface area contributed by atoms with Gasteiger partial charge in [-0.2, -0.15) is 5.26 Å². The molecular formula is C15H12ClFN2. The van der Waals surface area contributed by atoms with Crippen LogP contribution in [-0.4, -0.2) is 6.54 Å². The third kappa shape index (κ3) is 3.24. The molecule has 0 radical (unpaired) electrons. The Hall–Kier alpha value is -2.05. The molecule has 2 rings (SSSR count). The van der Waals surface area contributed by atoms with Crippen LogP contribution >= 0.6 is 11.6 Å². The summed E-state index contributed by atoms with van der Waals surface area (Å²) in [6, 6.07) is 13.9. The summed E-state index contributed by atoms with van der Waals surface area (Å²) in [6.07, 6.45) is 0.546. The van der Waals surface area contributed by atoms with E-state index in [9.17, 15) is 4.39 Å². The van der Waals surface area contributed by atoms with Crippen molar-refractivity contribution in [2.24, 2.45) is 0 Å². The zero-order chi connectivity index (χ0) is 13.7. The van der Waals surface area contributed by atoms with Gasteiger partial charge in [0.25, 0.3) is 0 Å². The molecular weight excluding hydrogens is 263 g/mol. The number of hydrogen-bond acceptors (Lipinski definition) is 2. The second-order valence-corrected chi connectivity index (χ2v) is 4.45. The summed E-state index contributed by atoms with van der Waals surface area (Å²) in [7, 11) is 0. The van der Waals surface area contributed by atoms with Gasteiger partial charge < -0.3 is 5.32 Å². The molecule has 0 amide bonds. The van der Waals surface area contributed by atoms with Crippen LogP contribution in [0.3, 0.4) is 0 Å². The zero-order valence-electron chi connectivity index (χ0n) is 10.2. The second kappa shape index (κ2) is 6.21. The van der Waals surface area contributed by atoms with E-state index in [4.69, 9.17) is 16.9 Å². The Morgan fingerprint density at radius 3 is 2.68 bits per heavy atom. The van der Waals surface area contributed by atoms with Crippen molar-refractivity contribution in [3.05, 3.63) is 64.4 Å². The molecule has 0 atom stereocenters. The standard InChI is InChI=1S/C15H12ClFN2/c16-13-5-3-7-15(12(13)10-18)19-9-8-11-4-1-2-6-14(11)17/h1-7,19H,8-9H2. The van der Waals surface area contributed by atoms with Gasteiger partial charge in [-0.25, -0.2) is 4.39 Å². The molecule has 0 spiro atoms. The number of anilines is 1. The number of nitriles is 1. The smallest absolute Gasteiger partial charge is 0.126 e. The van der Waals surface area contributed by atoms with E-state index in [1.54, 1.807) is 36.4 Å². The second-order valence-electron chi connectivity index (χ2n) is 4.04. The Kier molecular flexibility index (Phi) is 4.38. The lowest BCUT2D eigenvalue weighted by Crippen LogP contribution is -2.07. The SMILES string of the molecule is N#Cc1c(Cl)cccc1NCCc1ccccc1F. The fraction of sp³-hybridized carbons (Fsp3) is 0.133. The lowest BCUT2D eigenvalue weighted by molar-refractivity contribution is 0.610. The molecule has 0 bridgehead atoms. The molecule has 2 aromatic rings. The van der Waals surface area contributed by atoms with E-state index >= 15 is 0 Å². The van der Waals surface area contributed by atoms with Crippen molar-refractivity contribution in [2.45, 2.75) is 6.42 Å². The van der Waals surface area contributed by atoms with Crippen molar-refractivity contribution >= 4 is 17.3 Å². The Morgan fingerprint density at radius 1 is 1.16 bits per heavy atom. The summed E-state index contributed by atoms with van der Waals surface area (Å²) < 4.78 is 13.4. The topological polar surface area (TPSA) is 35.8 Å². The van der Waals surface area contributed by atoms with Crippen LogP contribution in [0.25, 0.3) is 0 Å². The average Bonchev–Trinajstić information content (AvgIpc) is 2.41. The maximum absolute atomic E-state index is 13.4. The number of halogens is 2. The van der Waals surface area contributed by atoms with Crippen molar-refractivity contribution in [3.63, 3.8) is 0 Å². The molecule has 0 aliphatic carbocycles. The van der Waals surface area contributed by atoms with Crippen LogP contribution in [0.15, 0.2) is 42.5 Å². The molecule has 2 aromatic carbocycles. The van der Waals surface area contributed by atoms with E-state index in [-0.39, 0.29) is 5.82 Å². The summed E-state index contributed by atoms with van der Waals surface area (Å²) in [5, 5.41) is 12.5. The molecule has 0 aliphatic rings. The van der Waals surface area contributed by atoms with Crippen molar-refractivity contribution in [1.29, 1.82) is 5.26 Å². The average molecular weight is 275 g/mol. The number of rotatable bonds is 4. The maximum atomic E-state index is 13.4. The Labute approximate surface area is 116 Å². The molecule has 19 heavy (non-hydrogen) atoms. The van der Waals surface area contributed by atoms with E-state index in [1.807, 2.05) is 0 Å². The largest absolute Gasteiger partial charge is 0.384 e. The molecule has 4 heteroatoms. The normalized spacial score (nSPS) is 9.95. The molecule has 0 saturated carbocycles. The maximum Gasteiger partial charge on any atom is 0.126 e. The fourth-order valence-electron chi connectivity index (χ4n) is 1.82. The number of benzene rings is 2. The number of nitrogens with one attached hydrogen (secondary N) is 1. The van der Waals surface area contributed by atoms with Crippen LogP contribution in [0.2, 0.25) is 5.02 Å². The number of nitrogens with zero attached hydrogens (tertiary/aromatic N) is 1. The van der Waals surface area contributed by atoms with Gasteiger partial charge in [-0.15, -0.1) is 0 Å². The summed E-state index contributed by atoms with van der Waals surface area (Å²) in [6.45, 7) is 0.538. The predicted octanol–water partition coefficient (Wildman–Crippen LogP) is 4.01.